The molecule has 1 N–H and O–H groups in total. The van der Waals surface area contributed by atoms with Gasteiger partial charge in [-0.15, -0.1) is 0 Å². The number of carbonyl (C=O) groups is 1. The molecule has 0 bridgehead atoms. The van der Waals surface area contributed by atoms with E-state index < -0.39 is 58.6 Å². The third kappa shape index (κ3) is 6.73. The lowest BCUT2D eigenvalue weighted by Crippen LogP contribution is -2.51. The van der Waals surface area contributed by atoms with E-state index >= 15 is 0 Å². The van der Waals surface area contributed by atoms with E-state index in [4.69, 9.17) is 23.1 Å². The van der Waals surface area contributed by atoms with Crippen LogP contribution in [-0.2, 0) is 23.1 Å². The highest BCUT2D eigenvalue weighted by Crippen LogP contribution is 2.43. The highest BCUT2D eigenvalue weighted by Gasteiger charge is 2.54. The Morgan fingerprint density at radius 1 is 1.03 bits per heavy atom. The van der Waals surface area contributed by atoms with Gasteiger partial charge in [0, 0.05) is 12.3 Å². The van der Waals surface area contributed by atoms with E-state index in [1.807, 2.05) is 0 Å². The molecule has 0 radical (unpaired) electrons. The first-order valence-corrected chi connectivity index (χ1v) is 17.7. The van der Waals surface area contributed by atoms with Crippen molar-refractivity contribution in [3.63, 3.8) is 0 Å². The van der Waals surface area contributed by atoms with Crippen molar-refractivity contribution >= 4 is 22.8 Å². The number of aromatic nitrogens is 2. The maximum absolute atomic E-state index is 12.7. The third-order valence-electron chi connectivity index (χ3n) is 7.46. The van der Waals surface area contributed by atoms with E-state index in [0.29, 0.717) is 0 Å². The normalized spacial score (nSPS) is 23.9. The van der Waals surface area contributed by atoms with Crippen molar-refractivity contribution in [3.8, 4) is 0 Å². The number of rotatable bonds is 7. The van der Waals surface area contributed by atoms with Crippen molar-refractivity contribution < 1.29 is 27.9 Å². The summed E-state index contributed by atoms with van der Waals surface area (Å²) in [6, 6.07) is 1.24. The van der Waals surface area contributed by atoms with Gasteiger partial charge in [-0.3, -0.25) is 14.3 Å². The first kappa shape index (κ1) is 29.5. The van der Waals surface area contributed by atoms with Crippen LogP contribution in [0.25, 0.3) is 0 Å². The van der Waals surface area contributed by atoms with Crippen LogP contribution in [0.4, 0.5) is 4.79 Å². The predicted molar refractivity (Wildman–Crippen MR) is 138 cm³/mol. The fraction of sp³-hybridized carbons (Fsp3) is 0.783. The average molecular weight is 531 g/mol. The van der Waals surface area contributed by atoms with Gasteiger partial charge in [0.2, 0.25) is 0 Å². The molecule has 4 atom stereocenters. The van der Waals surface area contributed by atoms with Crippen LogP contribution in [-0.4, -0.2) is 64.4 Å². The van der Waals surface area contributed by atoms with E-state index in [9.17, 15) is 14.4 Å². The van der Waals surface area contributed by atoms with Gasteiger partial charge in [0.15, 0.2) is 29.0 Å². The zero-order chi connectivity index (χ0) is 27.0. The predicted octanol–water partition coefficient (Wildman–Crippen LogP) is 4.00. The van der Waals surface area contributed by atoms with Crippen molar-refractivity contribution in [2.75, 3.05) is 13.7 Å². The summed E-state index contributed by atoms with van der Waals surface area (Å²) in [6.07, 6.45) is -2.91. The van der Waals surface area contributed by atoms with E-state index in [1.165, 1.54) is 23.9 Å². The van der Waals surface area contributed by atoms with E-state index in [2.05, 4.69) is 72.7 Å². The van der Waals surface area contributed by atoms with Crippen LogP contribution in [0.1, 0.15) is 47.8 Å². The maximum atomic E-state index is 12.7. The minimum atomic E-state index is -2.43. The smallest absolute Gasteiger partial charge is 0.438 e. The number of nitrogens with one attached hydrogen (secondary N) is 1. The first-order valence-electron chi connectivity index (χ1n) is 11.8. The van der Waals surface area contributed by atoms with Crippen LogP contribution < -0.4 is 11.2 Å². The Balaban J connectivity index is 2.54. The second-order valence-electron chi connectivity index (χ2n) is 12.0. The Morgan fingerprint density at radius 3 is 2.09 bits per heavy atom. The quantitative estimate of drug-likeness (QED) is 0.415. The zero-order valence-electron chi connectivity index (χ0n) is 22.9. The summed E-state index contributed by atoms with van der Waals surface area (Å²) in [7, 11) is -3.37. The van der Waals surface area contributed by atoms with Crippen LogP contribution in [0.3, 0.4) is 0 Å². The summed E-state index contributed by atoms with van der Waals surface area (Å²) in [5.74, 6) is 0. The number of carbonyl (C=O) groups excluding carboxylic acids is 1. The Bertz CT molecular complexity index is 1010. The van der Waals surface area contributed by atoms with E-state index in [0.717, 1.165) is 0 Å². The van der Waals surface area contributed by atoms with Crippen LogP contribution in [0.5, 0.6) is 0 Å². The minimum absolute atomic E-state index is 0.0450. The Morgan fingerprint density at radius 2 is 1.60 bits per heavy atom. The molecule has 0 unspecified atom stereocenters. The van der Waals surface area contributed by atoms with Gasteiger partial charge in [-0.2, -0.15) is 0 Å². The fourth-order valence-corrected chi connectivity index (χ4v) is 5.44. The molecule has 12 heteroatoms. The molecule has 0 spiro atoms. The molecule has 2 rings (SSSR count). The Hall–Kier alpha value is -1.74. The molecule has 0 aliphatic carbocycles. The minimum Gasteiger partial charge on any atom is -0.438 e. The molecule has 1 fully saturated rings. The molecule has 10 nitrogen and oxygen atoms in total. The Kier molecular flexibility index (Phi) is 8.70. The number of H-pyrrole nitrogens is 1. The Labute approximate surface area is 209 Å². The molecular formula is C23H42N2O8Si2. The molecule has 1 saturated heterocycles. The monoisotopic (exact) mass is 530 g/mol. The van der Waals surface area contributed by atoms with Gasteiger partial charge in [-0.05, 0) is 36.3 Å². The zero-order valence-corrected chi connectivity index (χ0v) is 24.9. The summed E-state index contributed by atoms with van der Waals surface area (Å²) in [6.45, 7) is 21.2. The SMILES string of the molecule is COC(=O)O[C@H]1[C@@H](O[Si](C)(C)C(C)(C)C)[C@H](n2ccc(=O)[nH]c2=O)O[C@@H]1CO[Si](C)(C)C(C)(C)C. The van der Waals surface area contributed by atoms with Crippen molar-refractivity contribution in [3.05, 3.63) is 33.1 Å². The number of methoxy groups -OCH3 is 1. The molecule has 35 heavy (non-hydrogen) atoms. The van der Waals surface area contributed by atoms with Crippen LogP contribution in [0, 0.1) is 0 Å². The van der Waals surface area contributed by atoms with Crippen LogP contribution in [0.15, 0.2) is 21.9 Å². The standard InChI is InChI=1S/C23H42N2O8Si2/c1-22(2,3)34(8,9)30-14-15-17(32-21(28)29-7)18(33-35(10,11)23(4,5)6)19(31-15)25-13-12-16(26)24-20(25)27/h12-13,15,17-19H,14H2,1-11H3,(H,24,26,27)/t15-,17-,18-,19-/m1/s1. The lowest BCUT2D eigenvalue weighted by molar-refractivity contribution is -0.0548. The first-order chi connectivity index (χ1) is 15.8. The van der Waals surface area contributed by atoms with Gasteiger partial charge in [-0.25, -0.2) is 9.59 Å². The molecule has 0 saturated carbocycles. The van der Waals surface area contributed by atoms with Gasteiger partial charge in [0.05, 0.1) is 13.7 Å². The molecule has 1 aromatic heterocycles. The van der Waals surface area contributed by atoms with E-state index in [1.54, 1.807) is 0 Å². The van der Waals surface area contributed by atoms with Crippen molar-refractivity contribution in [1.82, 2.24) is 9.55 Å². The molecule has 200 valence electrons. The number of hydrogen-bond acceptors (Lipinski definition) is 8. The van der Waals surface area contributed by atoms with Gasteiger partial charge in [-0.1, -0.05) is 41.5 Å². The van der Waals surface area contributed by atoms with Crippen molar-refractivity contribution in [1.29, 1.82) is 0 Å². The fourth-order valence-electron chi connectivity index (χ4n) is 3.14. The van der Waals surface area contributed by atoms with Gasteiger partial charge in [0.1, 0.15) is 12.2 Å². The molecule has 2 heterocycles. The molecular weight excluding hydrogens is 488 g/mol. The second-order valence-corrected chi connectivity index (χ2v) is 21.6. The number of hydrogen-bond donors (Lipinski definition) is 1. The summed E-state index contributed by atoms with van der Waals surface area (Å²) >= 11 is 0. The lowest BCUT2D eigenvalue weighted by Gasteiger charge is -2.40. The van der Waals surface area contributed by atoms with Crippen LogP contribution in [0.2, 0.25) is 36.3 Å². The largest absolute Gasteiger partial charge is 0.508 e. The molecule has 0 amide bonds. The second kappa shape index (κ2) is 10.3. The molecule has 0 aromatic carbocycles. The van der Waals surface area contributed by atoms with Gasteiger partial charge in [0.25, 0.3) is 5.56 Å². The topological polar surface area (TPSA) is 118 Å². The molecule has 1 aromatic rings. The number of nitrogens with zero attached hydrogens (tertiary/aromatic N) is 1. The van der Waals surface area contributed by atoms with Crippen molar-refractivity contribution in [2.45, 2.75) is 102 Å². The third-order valence-corrected chi connectivity index (χ3v) is 16.4. The summed E-state index contributed by atoms with van der Waals surface area (Å²) in [4.78, 5) is 38.9. The highest BCUT2D eigenvalue weighted by atomic mass is 28.4. The summed E-state index contributed by atoms with van der Waals surface area (Å²) in [5, 5.41) is -0.213. The highest BCUT2D eigenvalue weighted by molar-refractivity contribution is 6.74. The number of ether oxygens (including phenoxy) is 3. The van der Waals surface area contributed by atoms with E-state index in [-0.39, 0.29) is 16.7 Å². The lowest BCUT2D eigenvalue weighted by atomic mass is 10.1. The maximum Gasteiger partial charge on any atom is 0.508 e. The number of aromatic amines is 1. The van der Waals surface area contributed by atoms with Crippen LogP contribution >= 0.6 is 0 Å². The van der Waals surface area contributed by atoms with Gasteiger partial charge >= 0.3 is 11.8 Å². The molecule has 1 aliphatic heterocycles. The van der Waals surface area contributed by atoms with Gasteiger partial charge < -0.3 is 23.1 Å². The summed E-state index contributed by atoms with van der Waals surface area (Å²) < 4.78 is 31.1. The summed E-state index contributed by atoms with van der Waals surface area (Å²) in [5.41, 5.74) is -1.17. The average Bonchev–Trinajstić information content (AvgIpc) is 3.01. The van der Waals surface area contributed by atoms with Crippen molar-refractivity contribution in [2.24, 2.45) is 0 Å². The molecule has 1 aliphatic rings.